The minimum absolute atomic E-state index is 0.0742. The van der Waals surface area contributed by atoms with Gasteiger partial charge in [0.2, 0.25) is 5.91 Å². The zero-order valence-electron chi connectivity index (χ0n) is 21.0. The van der Waals surface area contributed by atoms with Gasteiger partial charge in [0.05, 0.1) is 10.9 Å². The molecule has 6 nitrogen and oxygen atoms in total. The molecule has 0 unspecified atom stereocenters. The molecule has 1 N–H and O–H groups in total. The average molecular weight is 507 g/mol. The zero-order chi connectivity index (χ0) is 25.1. The van der Waals surface area contributed by atoms with Crippen molar-refractivity contribution in [2.75, 3.05) is 26.2 Å². The predicted octanol–water partition coefficient (Wildman–Crippen LogP) is 5.22. The van der Waals surface area contributed by atoms with Gasteiger partial charge >= 0.3 is 0 Å². The van der Waals surface area contributed by atoms with Crippen molar-refractivity contribution in [3.63, 3.8) is 0 Å². The second-order valence-electron chi connectivity index (χ2n) is 10.4. The summed E-state index contributed by atoms with van der Waals surface area (Å²) in [5.74, 6) is 1.49. The Morgan fingerprint density at radius 1 is 1.11 bits per heavy atom. The molecule has 1 amide bonds. The summed E-state index contributed by atoms with van der Waals surface area (Å²) in [5, 5.41) is 4.00. The Bertz CT molecular complexity index is 1290. The number of carbonyl (C=O) groups excluding carboxylic acids is 1. The number of piperidine rings is 1. The van der Waals surface area contributed by atoms with Gasteiger partial charge in [-0.2, -0.15) is 0 Å². The third kappa shape index (κ3) is 5.50. The SMILES string of the molecule is CCCNC(=O)Cn1c(-c2cccc(Cl)c2)nc2ccc(C3CC(CN4CCCCC4)C3)cc2c1=O. The second kappa shape index (κ2) is 11.1. The van der Waals surface area contributed by atoms with Crippen molar-refractivity contribution in [1.82, 2.24) is 19.8 Å². The largest absolute Gasteiger partial charge is 0.355 e. The van der Waals surface area contributed by atoms with E-state index in [4.69, 9.17) is 16.6 Å². The van der Waals surface area contributed by atoms with Crippen molar-refractivity contribution in [2.24, 2.45) is 5.92 Å². The normalized spacial score (nSPS) is 20.3. The summed E-state index contributed by atoms with van der Waals surface area (Å²) >= 11 is 6.23. The lowest BCUT2D eigenvalue weighted by molar-refractivity contribution is -0.121. The van der Waals surface area contributed by atoms with E-state index < -0.39 is 0 Å². The smallest absolute Gasteiger partial charge is 0.262 e. The summed E-state index contributed by atoms with van der Waals surface area (Å²) < 4.78 is 1.49. The van der Waals surface area contributed by atoms with E-state index in [0.717, 1.165) is 12.3 Å². The van der Waals surface area contributed by atoms with E-state index in [1.807, 2.05) is 31.2 Å². The van der Waals surface area contributed by atoms with Crippen LogP contribution in [0.15, 0.2) is 47.3 Å². The Labute approximate surface area is 217 Å². The van der Waals surface area contributed by atoms with E-state index >= 15 is 0 Å². The monoisotopic (exact) mass is 506 g/mol. The number of fused-ring (bicyclic) bond motifs is 1. The number of halogens is 1. The van der Waals surface area contributed by atoms with Crippen molar-refractivity contribution in [1.29, 1.82) is 0 Å². The fourth-order valence-corrected chi connectivity index (χ4v) is 5.81. The van der Waals surface area contributed by atoms with E-state index in [1.54, 1.807) is 12.1 Å². The first-order valence-corrected chi connectivity index (χ1v) is 13.7. The van der Waals surface area contributed by atoms with E-state index in [9.17, 15) is 9.59 Å². The molecule has 0 spiro atoms. The Hall–Kier alpha value is -2.70. The van der Waals surface area contributed by atoms with Crippen LogP contribution in [-0.2, 0) is 11.3 Å². The topological polar surface area (TPSA) is 67.2 Å². The van der Waals surface area contributed by atoms with Gasteiger partial charge in [-0.1, -0.05) is 43.1 Å². The number of likely N-dealkylation sites (tertiary alicyclic amines) is 1. The summed E-state index contributed by atoms with van der Waals surface area (Å²) in [4.78, 5) is 33.8. The number of amides is 1. The minimum atomic E-state index is -0.195. The molecular weight excluding hydrogens is 472 g/mol. The highest BCUT2D eigenvalue weighted by atomic mass is 35.5. The first-order chi connectivity index (χ1) is 17.5. The van der Waals surface area contributed by atoms with Crippen LogP contribution < -0.4 is 10.9 Å². The maximum atomic E-state index is 13.7. The highest BCUT2D eigenvalue weighted by Crippen LogP contribution is 2.42. The predicted molar refractivity (Wildman–Crippen MR) is 146 cm³/mol. The van der Waals surface area contributed by atoms with Gasteiger partial charge in [0, 0.05) is 23.7 Å². The number of benzene rings is 2. The molecule has 1 aromatic heterocycles. The molecule has 2 aliphatic rings. The van der Waals surface area contributed by atoms with Gasteiger partial charge in [-0.3, -0.25) is 14.2 Å². The van der Waals surface area contributed by atoms with Crippen LogP contribution >= 0.6 is 11.6 Å². The van der Waals surface area contributed by atoms with Gasteiger partial charge in [-0.15, -0.1) is 0 Å². The molecule has 2 fully saturated rings. The highest BCUT2D eigenvalue weighted by molar-refractivity contribution is 6.30. The summed E-state index contributed by atoms with van der Waals surface area (Å²) in [6, 6.07) is 13.3. The number of nitrogens with one attached hydrogen (secondary N) is 1. The zero-order valence-corrected chi connectivity index (χ0v) is 21.8. The van der Waals surface area contributed by atoms with Crippen LogP contribution in [0.4, 0.5) is 0 Å². The van der Waals surface area contributed by atoms with Crippen molar-refractivity contribution in [3.8, 4) is 11.4 Å². The molecule has 7 heteroatoms. The third-order valence-electron chi connectivity index (χ3n) is 7.61. The molecule has 190 valence electrons. The molecule has 1 saturated heterocycles. The summed E-state index contributed by atoms with van der Waals surface area (Å²) in [6.45, 7) is 6.18. The number of nitrogens with zero attached hydrogens (tertiary/aromatic N) is 3. The fourth-order valence-electron chi connectivity index (χ4n) is 5.62. The molecular formula is C29H35ClN4O2. The van der Waals surface area contributed by atoms with Gasteiger partial charge in [0.1, 0.15) is 12.4 Å². The van der Waals surface area contributed by atoms with E-state index in [0.29, 0.717) is 39.8 Å². The number of hydrogen-bond donors (Lipinski definition) is 1. The summed E-state index contributed by atoms with van der Waals surface area (Å²) in [6.07, 6.45) is 7.20. The molecule has 36 heavy (non-hydrogen) atoms. The van der Waals surface area contributed by atoms with Gasteiger partial charge in [0.15, 0.2) is 0 Å². The Kier molecular flexibility index (Phi) is 7.73. The van der Waals surface area contributed by atoms with Crippen LogP contribution in [0.25, 0.3) is 22.3 Å². The first-order valence-electron chi connectivity index (χ1n) is 13.3. The summed E-state index contributed by atoms with van der Waals surface area (Å²) in [7, 11) is 0. The van der Waals surface area contributed by atoms with Crippen LogP contribution in [0.3, 0.4) is 0 Å². The molecule has 1 aliphatic carbocycles. The molecule has 2 aromatic carbocycles. The number of aromatic nitrogens is 2. The number of carbonyl (C=O) groups is 1. The standard InChI is InChI=1S/C29H35ClN4O2/c1-2-11-31-27(35)19-34-28(22-7-6-8-24(30)16-22)32-26-10-9-21(17-25(26)29(34)36)23-14-20(15-23)18-33-12-4-3-5-13-33/h6-10,16-17,20,23H,2-5,11-15,18-19H2,1H3,(H,31,35). The maximum Gasteiger partial charge on any atom is 0.262 e. The van der Waals surface area contributed by atoms with Gasteiger partial charge in [0.25, 0.3) is 5.56 Å². The molecule has 0 bridgehead atoms. The van der Waals surface area contributed by atoms with E-state index in [-0.39, 0.29) is 18.0 Å². The number of rotatable bonds is 8. The maximum absolute atomic E-state index is 13.7. The Balaban J connectivity index is 1.43. The molecule has 5 rings (SSSR count). The van der Waals surface area contributed by atoms with Crippen molar-refractivity contribution in [3.05, 3.63) is 63.4 Å². The Morgan fingerprint density at radius 2 is 1.92 bits per heavy atom. The molecule has 0 atom stereocenters. The van der Waals surface area contributed by atoms with E-state index in [1.165, 1.54) is 61.9 Å². The molecule has 1 saturated carbocycles. The third-order valence-corrected chi connectivity index (χ3v) is 7.84. The second-order valence-corrected chi connectivity index (χ2v) is 10.8. The van der Waals surface area contributed by atoms with Gasteiger partial charge in [-0.05, 0) is 86.9 Å². The van der Waals surface area contributed by atoms with Crippen LogP contribution in [0, 0.1) is 5.92 Å². The minimum Gasteiger partial charge on any atom is -0.355 e. The van der Waals surface area contributed by atoms with Crippen LogP contribution in [0.5, 0.6) is 0 Å². The number of hydrogen-bond acceptors (Lipinski definition) is 4. The van der Waals surface area contributed by atoms with E-state index in [2.05, 4.69) is 16.3 Å². The fraction of sp³-hybridized carbons (Fsp3) is 0.483. The summed E-state index contributed by atoms with van der Waals surface area (Å²) in [5.41, 5.74) is 2.38. The lowest BCUT2D eigenvalue weighted by Crippen LogP contribution is -2.38. The molecule has 2 heterocycles. The van der Waals surface area contributed by atoms with Crippen molar-refractivity contribution >= 4 is 28.4 Å². The van der Waals surface area contributed by atoms with Crippen LogP contribution in [0.2, 0.25) is 5.02 Å². The first kappa shape index (κ1) is 25.0. The lowest BCUT2D eigenvalue weighted by Gasteiger charge is -2.40. The molecule has 1 aliphatic heterocycles. The molecule has 0 radical (unpaired) electrons. The van der Waals surface area contributed by atoms with Gasteiger partial charge < -0.3 is 10.2 Å². The van der Waals surface area contributed by atoms with Crippen LogP contribution in [0.1, 0.15) is 56.9 Å². The van der Waals surface area contributed by atoms with Crippen molar-refractivity contribution < 1.29 is 4.79 Å². The van der Waals surface area contributed by atoms with Gasteiger partial charge in [-0.25, -0.2) is 4.98 Å². The van der Waals surface area contributed by atoms with Crippen molar-refractivity contribution in [2.45, 2.75) is 57.9 Å². The Morgan fingerprint density at radius 3 is 2.67 bits per heavy atom. The highest BCUT2D eigenvalue weighted by Gasteiger charge is 2.32. The molecule has 3 aromatic rings. The lowest BCUT2D eigenvalue weighted by atomic mass is 9.71. The quantitative estimate of drug-likeness (QED) is 0.454. The van der Waals surface area contributed by atoms with Crippen LogP contribution in [-0.4, -0.2) is 46.5 Å². The average Bonchev–Trinajstić information content (AvgIpc) is 2.87.